The molecule has 3 aromatic rings. The zero-order valence-electron chi connectivity index (χ0n) is 27.6. The fourth-order valence-electron chi connectivity index (χ4n) is 5.16. The van der Waals surface area contributed by atoms with Crippen LogP contribution < -0.4 is 16.4 Å². The maximum atomic E-state index is 14.6. The van der Waals surface area contributed by atoms with Crippen molar-refractivity contribution in [2.24, 2.45) is 11.7 Å². The number of anilines is 1. The van der Waals surface area contributed by atoms with E-state index in [-0.39, 0.29) is 12.8 Å². The minimum absolute atomic E-state index is 0.0736. The van der Waals surface area contributed by atoms with Crippen LogP contribution in [-0.2, 0) is 19.1 Å². The van der Waals surface area contributed by atoms with E-state index in [1.54, 1.807) is 45.0 Å². The maximum Gasteiger partial charge on any atom is 0.408 e. The van der Waals surface area contributed by atoms with Crippen LogP contribution in [0.15, 0.2) is 66.7 Å². The molecular formula is C37H46N4O5. The van der Waals surface area contributed by atoms with Crippen molar-refractivity contribution in [1.82, 2.24) is 10.2 Å². The number of ether oxygens (including phenoxy) is 1. The van der Waals surface area contributed by atoms with Crippen molar-refractivity contribution < 1.29 is 23.9 Å². The average Bonchev–Trinajstić information content (AvgIpc) is 2.99. The van der Waals surface area contributed by atoms with E-state index < -0.39 is 47.5 Å². The lowest BCUT2D eigenvalue weighted by atomic mass is 9.96. The number of nitrogens with one attached hydrogen (secondary N) is 2. The minimum Gasteiger partial charge on any atom is -0.444 e. The number of terminal acetylenes is 1. The number of hydrogen-bond acceptors (Lipinski definition) is 5. The molecule has 9 heteroatoms. The molecule has 0 saturated carbocycles. The summed E-state index contributed by atoms with van der Waals surface area (Å²) < 4.78 is 5.44. The number of benzene rings is 3. The number of hydrogen-bond donors (Lipinski definition) is 3. The van der Waals surface area contributed by atoms with Crippen molar-refractivity contribution in [3.05, 3.63) is 77.9 Å². The van der Waals surface area contributed by atoms with Gasteiger partial charge < -0.3 is 26.0 Å². The molecule has 0 aliphatic carbocycles. The molecule has 0 aliphatic heterocycles. The topological polar surface area (TPSA) is 131 Å². The Labute approximate surface area is 272 Å². The summed E-state index contributed by atoms with van der Waals surface area (Å²) in [7, 11) is 0. The molecule has 0 heterocycles. The molecule has 0 saturated heterocycles. The third-order valence-electron chi connectivity index (χ3n) is 7.50. The average molecular weight is 627 g/mol. The molecule has 46 heavy (non-hydrogen) atoms. The van der Waals surface area contributed by atoms with Crippen LogP contribution in [-0.4, -0.2) is 46.4 Å². The van der Waals surface area contributed by atoms with Crippen LogP contribution in [0.1, 0.15) is 84.4 Å². The Morgan fingerprint density at radius 1 is 0.913 bits per heavy atom. The zero-order valence-corrected chi connectivity index (χ0v) is 27.6. The van der Waals surface area contributed by atoms with Gasteiger partial charge in [-0.1, -0.05) is 62.2 Å². The first-order valence-corrected chi connectivity index (χ1v) is 15.6. The van der Waals surface area contributed by atoms with E-state index in [9.17, 15) is 19.2 Å². The van der Waals surface area contributed by atoms with Gasteiger partial charge in [0.2, 0.25) is 11.8 Å². The Balaban J connectivity index is 2.12. The Hall–Kier alpha value is -4.84. The predicted octanol–water partition coefficient (Wildman–Crippen LogP) is 6.31. The van der Waals surface area contributed by atoms with Gasteiger partial charge in [-0.3, -0.25) is 14.4 Å². The van der Waals surface area contributed by atoms with E-state index in [1.807, 2.05) is 49.4 Å². The number of rotatable bonds is 13. The van der Waals surface area contributed by atoms with Crippen LogP contribution >= 0.6 is 0 Å². The maximum absolute atomic E-state index is 14.6. The molecule has 0 fully saturated rings. The quantitative estimate of drug-likeness (QED) is 0.191. The first-order valence-electron chi connectivity index (χ1n) is 15.6. The van der Waals surface area contributed by atoms with Crippen molar-refractivity contribution >= 4 is 40.3 Å². The van der Waals surface area contributed by atoms with Gasteiger partial charge in [-0.05, 0) is 93.5 Å². The molecule has 4 N–H and O–H groups in total. The van der Waals surface area contributed by atoms with Crippen molar-refractivity contribution in [2.45, 2.75) is 91.0 Å². The molecule has 3 rings (SSSR count). The van der Waals surface area contributed by atoms with Crippen molar-refractivity contribution in [1.29, 1.82) is 0 Å². The molecule has 3 aromatic carbocycles. The van der Waals surface area contributed by atoms with Gasteiger partial charge in [0.1, 0.15) is 17.7 Å². The van der Waals surface area contributed by atoms with Crippen molar-refractivity contribution in [2.75, 3.05) is 5.32 Å². The Kier molecular flexibility index (Phi) is 12.3. The van der Waals surface area contributed by atoms with Crippen molar-refractivity contribution in [3.8, 4) is 12.3 Å². The summed E-state index contributed by atoms with van der Waals surface area (Å²) in [5, 5.41) is 7.63. The summed E-state index contributed by atoms with van der Waals surface area (Å²) in [5.41, 5.74) is 6.35. The smallest absolute Gasteiger partial charge is 0.408 e. The minimum atomic E-state index is -1.19. The summed E-state index contributed by atoms with van der Waals surface area (Å²) in [5.74, 6) is 1.31. The van der Waals surface area contributed by atoms with E-state index >= 15 is 0 Å². The summed E-state index contributed by atoms with van der Waals surface area (Å²) in [6.45, 7) is 11.2. The lowest BCUT2D eigenvalue weighted by Gasteiger charge is -2.39. The number of amides is 4. The number of alkyl carbamates (subject to hydrolysis) is 1. The number of fused-ring (bicyclic) bond motifs is 1. The molecular weight excluding hydrogens is 580 g/mol. The standard InChI is InChI=1S/C37H46N4O5/c1-8-26-15-17-28(18-16-26)33(34(43)39-30-20-19-27-11-9-10-12-29(27)23-30)41(25(4)14-13-24(2)3)35(44)31(21-22-32(38)42)40-36(45)46-37(5,6)7/h1,9-12,15-20,23-25,31,33H,13-14,21-22H2,2-7H3,(H2,38,42)(H,39,43)(H,40,45). The largest absolute Gasteiger partial charge is 0.444 e. The van der Waals surface area contributed by atoms with Gasteiger partial charge in [0.15, 0.2) is 0 Å². The second kappa shape index (κ2) is 15.9. The first kappa shape index (κ1) is 35.6. The lowest BCUT2D eigenvalue weighted by molar-refractivity contribution is -0.143. The van der Waals surface area contributed by atoms with Crippen LogP contribution in [0, 0.1) is 18.3 Å². The predicted molar refractivity (Wildman–Crippen MR) is 182 cm³/mol. The molecule has 0 aliphatic rings. The van der Waals surface area contributed by atoms with Gasteiger partial charge in [0.05, 0.1) is 0 Å². The van der Waals surface area contributed by atoms with Gasteiger partial charge in [-0.15, -0.1) is 6.42 Å². The molecule has 0 bridgehead atoms. The van der Waals surface area contributed by atoms with Gasteiger partial charge >= 0.3 is 6.09 Å². The zero-order chi connectivity index (χ0) is 34.0. The molecule has 244 valence electrons. The first-order chi connectivity index (χ1) is 21.7. The van der Waals surface area contributed by atoms with Crippen LogP contribution in [0.25, 0.3) is 10.8 Å². The van der Waals surface area contributed by atoms with E-state index in [1.165, 1.54) is 4.90 Å². The lowest BCUT2D eigenvalue weighted by Crippen LogP contribution is -2.55. The van der Waals surface area contributed by atoms with Crippen LogP contribution in [0.5, 0.6) is 0 Å². The number of carbonyl (C=O) groups excluding carboxylic acids is 4. The highest BCUT2D eigenvalue weighted by molar-refractivity contribution is 6.00. The van der Waals surface area contributed by atoms with Gasteiger partial charge in [-0.2, -0.15) is 0 Å². The van der Waals surface area contributed by atoms with E-state index in [4.69, 9.17) is 16.9 Å². The second-order valence-electron chi connectivity index (χ2n) is 13.0. The van der Waals surface area contributed by atoms with Crippen LogP contribution in [0.2, 0.25) is 0 Å². The molecule has 3 unspecified atom stereocenters. The van der Waals surface area contributed by atoms with Crippen LogP contribution in [0.4, 0.5) is 10.5 Å². The summed E-state index contributed by atoms with van der Waals surface area (Å²) in [4.78, 5) is 55.2. The summed E-state index contributed by atoms with van der Waals surface area (Å²) in [6.07, 6.45) is 5.92. The van der Waals surface area contributed by atoms with E-state index in [0.29, 0.717) is 29.2 Å². The second-order valence-corrected chi connectivity index (χ2v) is 13.0. The molecule has 3 atom stereocenters. The molecule has 0 spiro atoms. The van der Waals surface area contributed by atoms with Gasteiger partial charge in [0, 0.05) is 23.7 Å². The molecule has 0 radical (unpaired) electrons. The van der Waals surface area contributed by atoms with Gasteiger partial charge in [0.25, 0.3) is 5.91 Å². The van der Waals surface area contributed by atoms with Crippen LogP contribution in [0.3, 0.4) is 0 Å². The van der Waals surface area contributed by atoms with E-state index in [0.717, 1.165) is 17.2 Å². The highest BCUT2D eigenvalue weighted by Crippen LogP contribution is 2.30. The third-order valence-corrected chi connectivity index (χ3v) is 7.50. The molecule has 4 amide bonds. The molecule has 9 nitrogen and oxygen atoms in total. The van der Waals surface area contributed by atoms with Crippen molar-refractivity contribution in [3.63, 3.8) is 0 Å². The number of carbonyl (C=O) groups is 4. The molecule has 0 aromatic heterocycles. The summed E-state index contributed by atoms with van der Waals surface area (Å²) in [6, 6.07) is 17.6. The van der Waals surface area contributed by atoms with Gasteiger partial charge in [-0.25, -0.2) is 4.79 Å². The SMILES string of the molecule is C#Cc1ccc(C(C(=O)Nc2ccc3ccccc3c2)N(C(=O)C(CCC(N)=O)NC(=O)OC(C)(C)C)C(C)CCC(C)C)cc1. The number of nitrogens with zero attached hydrogens (tertiary/aromatic N) is 1. The summed E-state index contributed by atoms with van der Waals surface area (Å²) >= 11 is 0. The van der Waals surface area contributed by atoms with E-state index in [2.05, 4.69) is 30.4 Å². The monoisotopic (exact) mass is 626 g/mol. The normalized spacial score (nSPS) is 13.3. The third kappa shape index (κ3) is 10.4. The number of primary amides is 1. The number of nitrogens with two attached hydrogens (primary N) is 1. The highest BCUT2D eigenvalue weighted by Gasteiger charge is 2.39. The fraction of sp³-hybridized carbons (Fsp3) is 0.405. The fourth-order valence-corrected chi connectivity index (χ4v) is 5.16. The Morgan fingerprint density at radius 2 is 1.57 bits per heavy atom. The Morgan fingerprint density at radius 3 is 2.15 bits per heavy atom. The highest BCUT2D eigenvalue weighted by atomic mass is 16.6. The Bertz CT molecular complexity index is 1570.